The van der Waals surface area contributed by atoms with Gasteiger partial charge >= 0.3 is 0 Å². The molecule has 1 heterocycles. The monoisotopic (exact) mass is 386 g/mol. The standard InChI is InChI=1S/C16H20BrClN2S/c1-3-21-15-6-4-5-14(15)20-13-8-7-11(17)9-12(13)19-16(20)10(2)18/h7-10,14-15H,3-6H2,1-2H3. The van der Waals surface area contributed by atoms with Gasteiger partial charge in [0.05, 0.1) is 16.4 Å². The predicted molar refractivity (Wildman–Crippen MR) is 96.5 cm³/mol. The number of imidazole rings is 1. The van der Waals surface area contributed by atoms with Crippen LogP contribution in [-0.4, -0.2) is 20.6 Å². The lowest BCUT2D eigenvalue weighted by molar-refractivity contribution is 0.519. The van der Waals surface area contributed by atoms with Gasteiger partial charge in [0.15, 0.2) is 0 Å². The first-order chi connectivity index (χ1) is 10.1. The zero-order valence-electron chi connectivity index (χ0n) is 12.4. The molecule has 5 heteroatoms. The van der Waals surface area contributed by atoms with Crippen molar-refractivity contribution in [3.05, 3.63) is 28.5 Å². The first-order valence-electron chi connectivity index (χ1n) is 7.55. The maximum atomic E-state index is 6.42. The van der Waals surface area contributed by atoms with E-state index in [1.54, 1.807) is 0 Å². The van der Waals surface area contributed by atoms with Crippen molar-refractivity contribution in [1.29, 1.82) is 0 Å². The molecule has 2 nitrogen and oxygen atoms in total. The highest BCUT2D eigenvalue weighted by Gasteiger charge is 2.32. The Labute approximate surface area is 143 Å². The average molecular weight is 388 g/mol. The largest absolute Gasteiger partial charge is 0.322 e. The summed E-state index contributed by atoms with van der Waals surface area (Å²) in [5.74, 6) is 2.18. The summed E-state index contributed by atoms with van der Waals surface area (Å²) >= 11 is 12.0. The van der Waals surface area contributed by atoms with Gasteiger partial charge in [0.1, 0.15) is 5.82 Å². The molecule has 3 atom stereocenters. The van der Waals surface area contributed by atoms with Crippen LogP contribution in [0.5, 0.6) is 0 Å². The minimum atomic E-state index is -0.0657. The molecule has 1 aromatic carbocycles. The van der Waals surface area contributed by atoms with E-state index in [2.05, 4.69) is 57.4 Å². The van der Waals surface area contributed by atoms with Gasteiger partial charge in [-0.15, -0.1) is 11.6 Å². The quantitative estimate of drug-likeness (QED) is 0.604. The van der Waals surface area contributed by atoms with E-state index in [1.807, 2.05) is 6.92 Å². The van der Waals surface area contributed by atoms with Gasteiger partial charge in [-0.3, -0.25) is 0 Å². The van der Waals surface area contributed by atoms with Crippen molar-refractivity contribution in [3.8, 4) is 0 Å². The van der Waals surface area contributed by atoms with Crippen LogP contribution in [0.25, 0.3) is 11.0 Å². The van der Waals surface area contributed by atoms with Gasteiger partial charge in [-0.1, -0.05) is 29.3 Å². The lowest BCUT2D eigenvalue weighted by Crippen LogP contribution is -2.19. The molecular weight excluding hydrogens is 368 g/mol. The summed E-state index contributed by atoms with van der Waals surface area (Å²) in [6, 6.07) is 6.88. The van der Waals surface area contributed by atoms with Crippen molar-refractivity contribution >= 4 is 50.3 Å². The molecule has 0 spiro atoms. The van der Waals surface area contributed by atoms with E-state index >= 15 is 0 Å². The Kier molecular flexibility index (Phi) is 4.87. The van der Waals surface area contributed by atoms with Gasteiger partial charge in [-0.2, -0.15) is 11.8 Å². The SMILES string of the molecule is CCSC1CCCC1n1c(C(C)Cl)nc2cc(Br)ccc21. The summed E-state index contributed by atoms with van der Waals surface area (Å²) < 4.78 is 3.49. The molecule has 3 unspecified atom stereocenters. The maximum absolute atomic E-state index is 6.42. The van der Waals surface area contributed by atoms with Crippen LogP contribution in [0.15, 0.2) is 22.7 Å². The molecule has 1 aliphatic carbocycles. The number of halogens is 2. The van der Waals surface area contributed by atoms with Crippen molar-refractivity contribution < 1.29 is 0 Å². The lowest BCUT2D eigenvalue weighted by Gasteiger charge is -2.24. The van der Waals surface area contributed by atoms with Gasteiger partial charge in [-0.05, 0) is 43.7 Å². The summed E-state index contributed by atoms with van der Waals surface area (Å²) in [5.41, 5.74) is 2.26. The molecule has 0 N–H and O–H groups in total. The minimum absolute atomic E-state index is 0.0657. The van der Waals surface area contributed by atoms with Crippen LogP contribution in [0.4, 0.5) is 0 Å². The number of aromatic nitrogens is 2. The number of fused-ring (bicyclic) bond motifs is 1. The van der Waals surface area contributed by atoms with Crippen LogP contribution in [0, 0.1) is 0 Å². The van der Waals surface area contributed by atoms with Crippen LogP contribution < -0.4 is 0 Å². The third-order valence-electron chi connectivity index (χ3n) is 4.16. The third kappa shape index (κ3) is 2.99. The predicted octanol–water partition coefficient (Wildman–Crippen LogP) is 5.95. The molecule has 1 aromatic heterocycles. The highest BCUT2D eigenvalue weighted by atomic mass is 79.9. The van der Waals surface area contributed by atoms with Gasteiger partial charge in [0, 0.05) is 15.8 Å². The Morgan fingerprint density at radius 1 is 1.48 bits per heavy atom. The summed E-state index contributed by atoms with van der Waals surface area (Å²) in [5, 5.41) is 0.620. The Morgan fingerprint density at radius 3 is 3.00 bits per heavy atom. The van der Waals surface area contributed by atoms with Gasteiger partial charge in [0.25, 0.3) is 0 Å². The molecule has 0 aliphatic heterocycles. The highest BCUT2D eigenvalue weighted by molar-refractivity contribution is 9.10. The second kappa shape index (κ2) is 6.51. The number of rotatable bonds is 4. The van der Waals surface area contributed by atoms with Crippen LogP contribution in [0.2, 0.25) is 0 Å². The minimum Gasteiger partial charge on any atom is -0.322 e. The van der Waals surface area contributed by atoms with Crippen molar-refractivity contribution in [3.63, 3.8) is 0 Å². The Hall–Kier alpha value is -0.190. The molecule has 1 fully saturated rings. The molecule has 1 aliphatic rings. The fourth-order valence-corrected chi connectivity index (χ4v) is 5.07. The molecule has 1 saturated carbocycles. The number of alkyl halides is 1. The number of hydrogen-bond donors (Lipinski definition) is 0. The molecule has 0 amide bonds. The fraction of sp³-hybridized carbons (Fsp3) is 0.562. The Bertz CT molecular complexity index is 640. The van der Waals surface area contributed by atoms with Gasteiger partial charge in [-0.25, -0.2) is 4.98 Å². The number of nitrogens with zero attached hydrogens (tertiary/aromatic N) is 2. The number of thioether (sulfide) groups is 1. The molecule has 2 aromatic rings. The van der Waals surface area contributed by atoms with Crippen molar-refractivity contribution in [1.82, 2.24) is 9.55 Å². The second-order valence-electron chi connectivity index (χ2n) is 5.58. The van der Waals surface area contributed by atoms with E-state index in [0.717, 1.165) is 15.8 Å². The summed E-state index contributed by atoms with van der Waals surface area (Å²) in [4.78, 5) is 4.80. The van der Waals surface area contributed by atoms with Crippen molar-refractivity contribution in [2.75, 3.05) is 5.75 Å². The zero-order chi connectivity index (χ0) is 15.0. The number of hydrogen-bond acceptors (Lipinski definition) is 2. The average Bonchev–Trinajstić information content (AvgIpc) is 3.02. The van der Waals surface area contributed by atoms with Crippen LogP contribution >= 0.6 is 39.3 Å². The molecule has 3 rings (SSSR count). The molecule has 114 valence electrons. The molecule has 0 bridgehead atoms. The molecule has 0 saturated heterocycles. The van der Waals surface area contributed by atoms with Crippen LogP contribution in [-0.2, 0) is 0 Å². The Morgan fingerprint density at radius 2 is 2.29 bits per heavy atom. The van der Waals surface area contributed by atoms with E-state index in [4.69, 9.17) is 16.6 Å². The van der Waals surface area contributed by atoms with E-state index < -0.39 is 0 Å². The second-order valence-corrected chi connectivity index (χ2v) is 8.67. The maximum Gasteiger partial charge on any atom is 0.128 e. The summed E-state index contributed by atoms with van der Waals surface area (Å²) in [7, 11) is 0. The highest BCUT2D eigenvalue weighted by Crippen LogP contribution is 2.42. The van der Waals surface area contributed by atoms with Gasteiger partial charge < -0.3 is 4.57 Å². The van der Waals surface area contributed by atoms with Gasteiger partial charge in [0.2, 0.25) is 0 Å². The lowest BCUT2D eigenvalue weighted by atomic mass is 10.2. The van der Waals surface area contributed by atoms with Crippen LogP contribution in [0.1, 0.15) is 50.4 Å². The zero-order valence-corrected chi connectivity index (χ0v) is 15.5. The molecular formula is C16H20BrClN2S. The first kappa shape index (κ1) is 15.7. The van der Waals surface area contributed by atoms with Crippen molar-refractivity contribution in [2.24, 2.45) is 0 Å². The van der Waals surface area contributed by atoms with E-state index in [9.17, 15) is 0 Å². The van der Waals surface area contributed by atoms with Crippen LogP contribution in [0.3, 0.4) is 0 Å². The normalized spacial score (nSPS) is 23.8. The summed E-state index contributed by atoms with van der Waals surface area (Å²) in [6.45, 7) is 4.26. The molecule has 0 radical (unpaired) electrons. The smallest absolute Gasteiger partial charge is 0.128 e. The van der Waals surface area contributed by atoms with Crippen molar-refractivity contribution in [2.45, 2.75) is 49.8 Å². The van der Waals surface area contributed by atoms with E-state index in [0.29, 0.717) is 11.3 Å². The topological polar surface area (TPSA) is 17.8 Å². The Balaban J connectivity index is 2.13. The summed E-state index contributed by atoms with van der Waals surface area (Å²) in [6.07, 6.45) is 3.83. The van der Waals surface area contributed by atoms with E-state index in [-0.39, 0.29) is 5.38 Å². The number of benzene rings is 1. The first-order valence-corrected chi connectivity index (χ1v) is 9.82. The molecule has 21 heavy (non-hydrogen) atoms. The fourth-order valence-electron chi connectivity index (χ4n) is 3.33. The van der Waals surface area contributed by atoms with E-state index in [1.165, 1.54) is 30.5 Å². The third-order valence-corrected chi connectivity index (χ3v) is 6.16.